The van der Waals surface area contributed by atoms with Crippen LogP contribution in [-0.2, 0) is 9.53 Å². The molecule has 1 heterocycles. The molecule has 100 valence electrons. The first-order chi connectivity index (χ1) is 8.70. The van der Waals surface area contributed by atoms with Crippen molar-refractivity contribution in [3.63, 3.8) is 0 Å². The standard InChI is InChI=1S/C13H21N3O2/c1-15-12(8-9-13(17)18-2)10-16(14-15)11-6-4-3-5-7-11/h8-11,14H,3-7H2,1-2H3/b9-8+. The normalized spacial score (nSPS) is 21.6. The average molecular weight is 251 g/mol. The molecule has 0 aromatic rings. The van der Waals surface area contributed by atoms with Crippen molar-refractivity contribution >= 4 is 5.97 Å². The summed E-state index contributed by atoms with van der Waals surface area (Å²) >= 11 is 0. The number of carbonyl (C=O) groups excluding carboxylic acids is 1. The molecule has 0 bridgehead atoms. The fourth-order valence-electron chi connectivity index (χ4n) is 2.41. The third-order valence-electron chi connectivity index (χ3n) is 3.48. The van der Waals surface area contributed by atoms with Crippen LogP contribution in [0.25, 0.3) is 0 Å². The fourth-order valence-corrected chi connectivity index (χ4v) is 2.41. The van der Waals surface area contributed by atoms with Gasteiger partial charge in [-0.15, -0.1) is 5.53 Å². The van der Waals surface area contributed by atoms with Crippen LogP contribution in [0.1, 0.15) is 32.1 Å². The molecule has 1 aliphatic heterocycles. The number of hydrazine groups is 2. The molecule has 0 radical (unpaired) electrons. The number of rotatable bonds is 3. The summed E-state index contributed by atoms with van der Waals surface area (Å²) in [5.41, 5.74) is 4.25. The summed E-state index contributed by atoms with van der Waals surface area (Å²) in [6, 6.07) is 0.560. The summed E-state index contributed by atoms with van der Waals surface area (Å²) < 4.78 is 4.58. The van der Waals surface area contributed by atoms with Crippen LogP contribution in [0.15, 0.2) is 24.0 Å². The Balaban J connectivity index is 1.97. The molecule has 0 saturated heterocycles. The molecule has 0 unspecified atom stereocenters. The predicted octanol–water partition coefficient (Wildman–Crippen LogP) is 1.56. The van der Waals surface area contributed by atoms with E-state index < -0.39 is 0 Å². The SMILES string of the molecule is COC(=O)/C=C/C1=CN(C2CCCCC2)NN1C. The number of hydrogen-bond donors (Lipinski definition) is 1. The highest BCUT2D eigenvalue weighted by atomic mass is 16.5. The number of nitrogens with zero attached hydrogens (tertiary/aromatic N) is 2. The van der Waals surface area contributed by atoms with Gasteiger partial charge in [-0.25, -0.2) is 4.79 Å². The van der Waals surface area contributed by atoms with Crippen molar-refractivity contribution in [1.82, 2.24) is 15.6 Å². The van der Waals surface area contributed by atoms with Gasteiger partial charge in [0.2, 0.25) is 0 Å². The summed E-state index contributed by atoms with van der Waals surface area (Å²) in [7, 11) is 3.32. The number of esters is 1. The van der Waals surface area contributed by atoms with E-state index in [-0.39, 0.29) is 5.97 Å². The molecule has 5 nitrogen and oxygen atoms in total. The molecule has 2 rings (SSSR count). The molecule has 0 amide bonds. The van der Waals surface area contributed by atoms with E-state index in [9.17, 15) is 4.79 Å². The quantitative estimate of drug-likeness (QED) is 0.609. The van der Waals surface area contributed by atoms with E-state index in [0.29, 0.717) is 6.04 Å². The lowest BCUT2D eigenvalue weighted by Crippen LogP contribution is -2.44. The van der Waals surface area contributed by atoms with E-state index >= 15 is 0 Å². The maximum absolute atomic E-state index is 11.1. The van der Waals surface area contributed by atoms with E-state index in [1.165, 1.54) is 45.3 Å². The number of nitrogens with one attached hydrogen (secondary N) is 1. The lowest BCUT2D eigenvalue weighted by atomic mass is 9.95. The van der Waals surface area contributed by atoms with Crippen molar-refractivity contribution in [2.45, 2.75) is 38.1 Å². The molecule has 1 aliphatic carbocycles. The van der Waals surface area contributed by atoms with Crippen LogP contribution in [0, 0.1) is 0 Å². The zero-order valence-corrected chi connectivity index (χ0v) is 11.1. The zero-order valence-electron chi connectivity index (χ0n) is 11.1. The van der Waals surface area contributed by atoms with Crippen LogP contribution in [0.4, 0.5) is 0 Å². The van der Waals surface area contributed by atoms with Gasteiger partial charge in [0.05, 0.1) is 12.8 Å². The van der Waals surface area contributed by atoms with E-state index in [0.717, 1.165) is 5.70 Å². The summed E-state index contributed by atoms with van der Waals surface area (Å²) in [5.74, 6) is -0.333. The second-order valence-corrected chi connectivity index (χ2v) is 4.77. The summed E-state index contributed by atoms with van der Waals surface area (Å²) in [6.45, 7) is 0. The Morgan fingerprint density at radius 3 is 2.83 bits per heavy atom. The third-order valence-corrected chi connectivity index (χ3v) is 3.48. The molecule has 5 heteroatoms. The maximum Gasteiger partial charge on any atom is 0.330 e. The number of carbonyl (C=O) groups is 1. The van der Waals surface area contributed by atoms with Crippen LogP contribution >= 0.6 is 0 Å². The lowest BCUT2D eigenvalue weighted by molar-refractivity contribution is -0.134. The van der Waals surface area contributed by atoms with Gasteiger partial charge in [0.1, 0.15) is 0 Å². The van der Waals surface area contributed by atoms with Crippen LogP contribution in [0.2, 0.25) is 0 Å². The monoisotopic (exact) mass is 251 g/mol. The minimum atomic E-state index is -0.333. The third kappa shape index (κ3) is 3.04. The summed E-state index contributed by atoms with van der Waals surface area (Å²) in [4.78, 5) is 11.1. The van der Waals surface area contributed by atoms with Gasteiger partial charge in [0.15, 0.2) is 0 Å². The Hall–Kier alpha value is -1.49. The molecule has 0 aromatic heterocycles. The largest absolute Gasteiger partial charge is 0.466 e. The molecule has 1 fully saturated rings. The van der Waals surface area contributed by atoms with Gasteiger partial charge in [-0.05, 0) is 18.9 Å². The van der Waals surface area contributed by atoms with Crippen molar-refractivity contribution in [1.29, 1.82) is 0 Å². The number of allylic oxidation sites excluding steroid dienone is 1. The van der Waals surface area contributed by atoms with Crippen LogP contribution in [0.3, 0.4) is 0 Å². The molecule has 1 saturated carbocycles. The van der Waals surface area contributed by atoms with Crippen LogP contribution in [-0.4, -0.2) is 36.2 Å². The van der Waals surface area contributed by atoms with Gasteiger partial charge >= 0.3 is 5.97 Å². The lowest BCUT2D eigenvalue weighted by Gasteiger charge is -2.31. The van der Waals surface area contributed by atoms with Gasteiger partial charge in [-0.2, -0.15) is 0 Å². The Morgan fingerprint density at radius 1 is 1.44 bits per heavy atom. The second-order valence-electron chi connectivity index (χ2n) is 4.77. The topological polar surface area (TPSA) is 44.8 Å². The molecule has 18 heavy (non-hydrogen) atoms. The number of hydrogen-bond acceptors (Lipinski definition) is 5. The smallest absolute Gasteiger partial charge is 0.330 e. The minimum Gasteiger partial charge on any atom is -0.466 e. The number of likely N-dealkylation sites (N-methyl/N-ethyl adjacent to an activating group) is 1. The molecular weight excluding hydrogens is 230 g/mol. The maximum atomic E-state index is 11.1. The zero-order chi connectivity index (χ0) is 13.0. The number of methoxy groups -OCH3 is 1. The molecule has 1 N–H and O–H groups in total. The van der Waals surface area contributed by atoms with Gasteiger partial charge in [0, 0.05) is 25.4 Å². The highest BCUT2D eigenvalue weighted by Gasteiger charge is 2.24. The Bertz CT molecular complexity index is 359. The first-order valence-corrected chi connectivity index (χ1v) is 6.47. The second kappa shape index (κ2) is 5.91. The van der Waals surface area contributed by atoms with E-state index in [1.54, 1.807) is 6.08 Å². The van der Waals surface area contributed by atoms with Gasteiger partial charge < -0.3 is 4.74 Å². The van der Waals surface area contributed by atoms with Crippen molar-refractivity contribution in [2.75, 3.05) is 14.2 Å². The van der Waals surface area contributed by atoms with E-state index in [1.807, 2.05) is 12.1 Å². The highest BCUT2D eigenvalue weighted by molar-refractivity contribution is 5.82. The van der Waals surface area contributed by atoms with Crippen LogP contribution < -0.4 is 5.53 Å². The molecule has 0 aromatic carbocycles. The Labute approximate surface area is 108 Å². The molecular formula is C13H21N3O2. The first kappa shape index (κ1) is 13.0. The van der Waals surface area contributed by atoms with Gasteiger partial charge in [0.25, 0.3) is 0 Å². The van der Waals surface area contributed by atoms with E-state index in [4.69, 9.17) is 0 Å². The Morgan fingerprint density at radius 2 is 2.17 bits per heavy atom. The Kier molecular flexibility index (Phi) is 4.25. The van der Waals surface area contributed by atoms with Crippen molar-refractivity contribution in [3.05, 3.63) is 24.0 Å². The van der Waals surface area contributed by atoms with Crippen molar-refractivity contribution in [2.24, 2.45) is 0 Å². The molecule has 2 aliphatic rings. The first-order valence-electron chi connectivity index (χ1n) is 6.47. The van der Waals surface area contributed by atoms with Crippen molar-refractivity contribution < 1.29 is 9.53 Å². The highest BCUT2D eigenvalue weighted by Crippen LogP contribution is 2.24. The predicted molar refractivity (Wildman–Crippen MR) is 68.8 cm³/mol. The van der Waals surface area contributed by atoms with E-state index in [2.05, 4.69) is 21.5 Å². The molecule has 0 atom stereocenters. The fraction of sp³-hybridized carbons (Fsp3) is 0.615. The van der Waals surface area contributed by atoms with Gasteiger partial charge in [-0.3, -0.25) is 10.0 Å². The summed E-state index contributed by atoms with van der Waals surface area (Å²) in [5, 5.41) is 4.06. The van der Waals surface area contributed by atoms with Gasteiger partial charge in [-0.1, -0.05) is 19.3 Å². The number of ether oxygens (including phenoxy) is 1. The molecule has 0 spiro atoms. The average Bonchev–Trinajstić information content (AvgIpc) is 2.78. The van der Waals surface area contributed by atoms with Crippen molar-refractivity contribution in [3.8, 4) is 0 Å². The summed E-state index contributed by atoms with van der Waals surface area (Å²) in [6.07, 6.45) is 11.7. The van der Waals surface area contributed by atoms with Crippen LogP contribution in [0.5, 0.6) is 0 Å². The minimum absolute atomic E-state index is 0.333.